The molecule has 2 saturated heterocycles. The van der Waals surface area contributed by atoms with Gasteiger partial charge in [-0.3, -0.25) is 19.1 Å². The lowest BCUT2D eigenvalue weighted by atomic mass is 10.1. The van der Waals surface area contributed by atoms with Crippen molar-refractivity contribution in [3.63, 3.8) is 0 Å². The van der Waals surface area contributed by atoms with E-state index in [1.54, 1.807) is 0 Å². The average Bonchev–Trinajstić information content (AvgIpc) is 3.18. The highest BCUT2D eigenvalue weighted by Gasteiger charge is 2.60. The molecule has 0 aliphatic carbocycles. The molecule has 2 aliphatic heterocycles. The number of aliphatic hydroxyl groups is 1. The predicted molar refractivity (Wildman–Crippen MR) is 102 cm³/mol. The number of ether oxygens (including phenoxy) is 2. The number of nitrogen functional groups attached to an aromatic ring is 1. The van der Waals surface area contributed by atoms with Crippen LogP contribution in [-0.4, -0.2) is 78.2 Å². The van der Waals surface area contributed by atoms with Crippen LogP contribution in [-0.2, 0) is 23.3 Å². The van der Waals surface area contributed by atoms with Gasteiger partial charge in [-0.15, -0.1) is 4.52 Å². The van der Waals surface area contributed by atoms with Crippen LogP contribution >= 0.6 is 19.9 Å². The smallest absolute Gasteiger partial charge is 0.469 e. The van der Waals surface area contributed by atoms with Crippen molar-refractivity contribution in [2.45, 2.75) is 36.1 Å². The first kappa shape index (κ1) is 21.4. The van der Waals surface area contributed by atoms with Crippen molar-refractivity contribution < 1.29 is 38.2 Å². The van der Waals surface area contributed by atoms with Crippen molar-refractivity contribution in [1.82, 2.24) is 19.5 Å². The lowest BCUT2D eigenvalue weighted by molar-refractivity contribution is -0.140. The molecule has 2 aromatic heterocycles. The van der Waals surface area contributed by atoms with Gasteiger partial charge in [0.05, 0.1) is 13.5 Å². The SMILES string of the molecule is COC(=O)CCSc1nc2c(=O)[nH]c(N)nc2n1[C@@H]1OC2CO[P+](O)(O)O[C@H]2C1O. The van der Waals surface area contributed by atoms with Crippen LogP contribution in [0.15, 0.2) is 9.95 Å². The zero-order valence-electron chi connectivity index (χ0n) is 15.5. The average molecular weight is 464 g/mol. The monoisotopic (exact) mass is 464 g/mol. The van der Waals surface area contributed by atoms with Gasteiger partial charge in [-0.05, 0) is 0 Å². The number of aliphatic hydroxyl groups excluding tert-OH is 1. The number of carbonyl (C=O) groups excluding carboxylic acids is 1. The molecule has 0 radical (unpaired) electrons. The summed E-state index contributed by atoms with van der Waals surface area (Å²) in [6, 6.07) is 0. The highest BCUT2D eigenvalue weighted by atomic mass is 32.2. The van der Waals surface area contributed by atoms with Gasteiger partial charge in [-0.1, -0.05) is 11.8 Å². The van der Waals surface area contributed by atoms with Crippen LogP contribution in [0.1, 0.15) is 12.6 Å². The lowest BCUT2D eigenvalue weighted by Gasteiger charge is -2.24. The van der Waals surface area contributed by atoms with Crippen LogP contribution in [0.4, 0.5) is 5.95 Å². The van der Waals surface area contributed by atoms with Crippen LogP contribution in [0.5, 0.6) is 0 Å². The number of methoxy groups -OCH3 is 1. The summed E-state index contributed by atoms with van der Waals surface area (Å²) in [4.78, 5) is 53.7. The number of thioether (sulfide) groups is 1. The van der Waals surface area contributed by atoms with Gasteiger partial charge in [-0.2, -0.15) is 19.3 Å². The molecule has 16 heteroatoms. The Bertz CT molecular complexity index is 1030. The molecular formula is C14H19N5O9PS+. The number of nitrogens with one attached hydrogen (secondary N) is 1. The first-order chi connectivity index (χ1) is 14.2. The maximum Gasteiger partial charge on any atom is 0.570 e. The van der Waals surface area contributed by atoms with E-state index in [0.717, 1.165) is 11.8 Å². The summed E-state index contributed by atoms with van der Waals surface area (Å²) in [5.74, 6) is -0.328. The van der Waals surface area contributed by atoms with E-state index in [1.165, 1.54) is 11.7 Å². The first-order valence-corrected chi connectivity index (χ1v) is 11.2. The molecule has 14 nitrogen and oxygen atoms in total. The highest BCUT2D eigenvalue weighted by Crippen LogP contribution is 2.59. The third kappa shape index (κ3) is 3.90. The molecule has 4 heterocycles. The molecule has 0 amide bonds. The topological polar surface area (TPSA) is 204 Å². The number of anilines is 1. The summed E-state index contributed by atoms with van der Waals surface area (Å²) in [5.41, 5.74) is 5.08. The van der Waals surface area contributed by atoms with E-state index in [-0.39, 0.29) is 41.0 Å². The third-order valence-corrected chi connectivity index (χ3v) is 6.49. The van der Waals surface area contributed by atoms with Gasteiger partial charge in [0.1, 0.15) is 18.8 Å². The number of nitrogens with zero attached hydrogens (tertiary/aromatic N) is 3. The number of hydrogen-bond donors (Lipinski definition) is 5. The number of esters is 1. The van der Waals surface area contributed by atoms with E-state index in [1.807, 2.05) is 0 Å². The molecular weight excluding hydrogens is 445 g/mol. The van der Waals surface area contributed by atoms with E-state index in [0.29, 0.717) is 0 Å². The number of carbonyl (C=O) groups is 1. The zero-order valence-corrected chi connectivity index (χ0v) is 17.2. The maximum absolute atomic E-state index is 12.3. The van der Waals surface area contributed by atoms with Crippen molar-refractivity contribution >= 4 is 43.0 Å². The number of hydrogen-bond acceptors (Lipinski definition) is 13. The molecule has 2 unspecified atom stereocenters. The Morgan fingerprint density at radius 2 is 2.23 bits per heavy atom. The molecule has 2 fully saturated rings. The second-order valence-corrected chi connectivity index (χ2v) is 8.99. The molecule has 0 aromatic carbocycles. The number of nitrogens with two attached hydrogens (primary N) is 1. The van der Waals surface area contributed by atoms with Crippen LogP contribution < -0.4 is 11.3 Å². The van der Waals surface area contributed by atoms with Gasteiger partial charge in [0.2, 0.25) is 5.95 Å². The third-order valence-electron chi connectivity index (χ3n) is 4.53. The summed E-state index contributed by atoms with van der Waals surface area (Å²) in [6.45, 7) is -0.216. The summed E-state index contributed by atoms with van der Waals surface area (Å²) in [6.07, 6.45) is -4.31. The number of rotatable bonds is 5. The number of imidazole rings is 1. The van der Waals surface area contributed by atoms with Gasteiger partial charge in [-0.25, -0.2) is 4.98 Å². The van der Waals surface area contributed by atoms with E-state index in [9.17, 15) is 24.5 Å². The maximum atomic E-state index is 12.3. The molecule has 30 heavy (non-hydrogen) atoms. The standard InChI is InChI=1S/C14H18N5O9PS/c1-25-6(20)2-3-30-14-16-7-10(17-13(15)18-11(7)22)19(14)12-8(21)9-5(27-12)4-26-29(23,24)28-9/h5,8-9,12,21,23-24H,2-4H2,1H3,(H2-,15,17,18,22)/p+1/t5?,8?,9-,12-/m1/s1. The molecule has 164 valence electrons. The minimum Gasteiger partial charge on any atom is -0.469 e. The number of aromatic nitrogens is 4. The summed E-state index contributed by atoms with van der Waals surface area (Å²) in [5, 5.41) is 11.0. The first-order valence-electron chi connectivity index (χ1n) is 8.68. The normalized spacial score (nSPS) is 27.9. The molecule has 6 N–H and O–H groups in total. The summed E-state index contributed by atoms with van der Waals surface area (Å²) >= 11 is 1.12. The number of fused-ring (bicyclic) bond motifs is 2. The fraction of sp³-hybridized carbons (Fsp3) is 0.571. The van der Waals surface area contributed by atoms with E-state index in [2.05, 4.69) is 19.7 Å². The molecule has 0 saturated carbocycles. The minimum atomic E-state index is -4.07. The molecule has 2 aromatic rings. The molecule has 4 rings (SSSR count). The van der Waals surface area contributed by atoms with Crippen molar-refractivity contribution in [1.29, 1.82) is 0 Å². The Balaban J connectivity index is 1.72. The van der Waals surface area contributed by atoms with E-state index in [4.69, 9.17) is 19.5 Å². The second-order valence-electron chi connectivity index (χ2n) is 6.47. The minimum absolute atomic E-state index is 0.0428. The molecule has 2 aliphatic rings. The van der Waals surface area contributed by atoms with Crippen LogP contribution in [0.3, 0.4) is 0 Å². The molecule has 0 spiro atoms. The summed E-state index contributed by atoms with van der Waals surface area (Å²) in [7, 11) is -2.80. The Morgan fingerprint density at radius 1 is 1.47 bits per heavy atom. The van der Waals surface area contributed by atoms with Gasteiger partial charge in [0.25, 0.3) is 5.56 Å². The van der Waals surface area contributed by atoms with E-state index >= 15 is 0 Å². The van der Waals surface area contributed by atoms with Crippen molar-refractivity contribution in [2.24, 2.45) is 0 Å². The predicted octanol–water partition coefficient (Wildman–Crippen LogP) is -1.31. The second kappa shape index (κ2) is 8.01. The largest absolute Gasteiger partial charge is 0.570 e. The van der Waals surface area contributed by atoms with Crippen LogP contribution in [0, 0.1) is 0 Å². The van der Waals surface area contributed by atoms with Crippen molar-refractivity contribution in [2.75, 3.05) is 25.2 Å². The van der Waals surface area contributed by atoms with Gasteiger partial charge in [0.15, 0.2) is 28.7 Å². The zero-order chi connectivity index (χ0) is 21.6. The molecule has 0 bridgehead atoms. The summed E-state index contributed by atoms with van der Waals surface area (Å²) < 4.78 is 21.7. The van der Waals surface area contributed by atoms with E-state index < -0.39 is 44.2 Å². The van der Waals surface area contributed by atoms with Crippen LogP contribution in [0.25, 0.3) is 11.2 Å². The molecule has 4 atom stereocenters. The lowest BCUT2D eigenvalue weighted by Crippen LogP contribution is -2.40. The Kier molecular flexibility index (Phi) is 5.71. The number of aromatic amines is 1. The number of H-pyrrole nitrogens is 1. The van der Waals surface area contributed by atoms with Crippen molar-refractivity contribution in [3.8, 4) is 0 Å². The van der Waals surface area contributed by atoms with Crippen LogP contribution in [0.2, 0.25) is 0 Å². The van der Waals surface area contributed by atoms with Gasteiger partial charge >= 0.3 is 14.1 Å². The van der Waals surface area contributed by atoms with Gasteiger partial charge < -0.3 is 20.3 Å². The highest BCUT2D eigenvalue weighted by molar-refractivity contribution is 7.99. The Morgan fingerprint density at radius 3 is 2.97 bits per heavy atom. The van der Waals surface area contributed by atoms with Gasteiger partial charge in [0, 0.05) is 5.75 Å². The Labute approximate surface area is 173 Å². The Hall–Kier alpha value is -1.84. The fourth-order valence-electron chi connectivity index (χ4n) is 3.20. The quantitative estimate of drug-likeness (QED) is 0.198. The van der Waals surface area contributed by atoms with Crippen molar-refractivity contribution in [3.05, 3.63) is 10.4 Å². The fourth-order valence-corrected chi connectivity index (χ4v) is 5.11.